The van der Waals surface area contributed by atoms with Gasteiger partial charge in [-0.15, -0.1) is 0 Å². The molecule has 3 heteroatoms. The third-order valence-corrected chi connectivity index (χ3v) is 3.82. The zero-order valence-electron chi connectivity index (χ0n) is 9.26. The number of hydrogen-bond donors (Lipinski definition) is 1. The van der Waals surface area contributed by atoms with Crippen molar-refractivity contribution in [2.24, 2.45) is 11.7 Å². The van der Waals surface area contributed by atoms with Gasteiger partial charge in [0.15, 0.2) is 0 Å². The van der Waals surface area contributed by atoms with Crippen molar-refractivity contribution in [3.8, 4) is 0 Å². The highest BCUT2D eigenvalue weighted by Crippen LogP contribution is 2.36. The molecule has 1 aliphatic carbocycles. The summed E-state index contributed by atoms with van der Waals surface area (Å²) in [5.41, 5.74) is 6.64. The van der Waals surface area contributed by atoms with E-state index in [2.05, 4.69) is 0 Å². The lowest BCUT2D eigenvalue weighted by Crippen LogP contribution is -2.24. The summed E-state index contributed by atoms with van der Waals surface area (Å²) in [7, 11) is 0. The number of hydrogen-bond acceptors (Lipinski definition) is 1. The predicted octanol–water partition coefficient (Wildman–Crippen LogP) is 4.06. The summed E-state index contributed by atoms with van der Waals surface area (Å²) in [6.07, 6.45) is 5.85. The Morgan fingerprint density at radius 1 is 1.25 bits per heavy atom. The van der Waals surface area contributed by atoms with Crippen molar-refractivity contribution in [3.05, 3.63) is 34.6 Å². The van der Waals surface area contributed by atoms with Crippen molar-refractivity contribution >= 4 is 11.6 Å². The standard InChI is InChI=1S/C13H17ClFN/c14-10-7-4-8-11(15)12(10)13(16)9-5-2-1-3-6-9/h4,7-9,13H,1-3,5-6,16H2/t13-/m1/s1. The molecule has 0 unspecified atom stereocenters. The van der Waals surface area contributed by atoms with E-state index in [4.69, 9.17) is 17.3 Å². The normalized spacial score (nSPS) is 19.7. The molecule has 0 bridgehead atoms. The second kappa shape index (κ2) is 5.15. The molecule has 2 rings (SSSR count). The molecule has 1 aromatic carbocycles. The first-order chi connectivity index (χ1) is 7.70. The molecule has 0 spiro atoms. The monoisotopic (exact) mass is 241 g/mol. The molecule has 0 saturated heterocycles. The van der Waals surface area contributed by atoms with Crippen molar-refractivity contribution in [1.82, 2.24) is 0 Å². The number of benzene rings is 1. The molecule has 1 atom stereocenters. The van der Waals surface area contributed by atoms with Gasteiger partial charge < -0.3 is 5.73 Å². The van der Waals surface area contributed by atoms with Gasteiger partial charge in [-0.05, 0) is 30.9 Å². The lowest BCUT2D eigenvalue weighted by Gasteiger charge is -2.28. The van der Waals surface area contributed by atoms with E-state index >= 15 is 0 Å². The molecule has 0 heterocycles. The van der Waals surface area contributed by atoms with Crippen LogP contribution in [-0.2, 0) is 0 Å². The summed E-state index contributed by atoms with van der Waals surface area (Å²) in [6.45, 7) is 0. The van der Waals surface area contributed by atoms with E-state index < -0.39 is 0 Å². The molecule has 1 nitrogen and oxygen atoms in total. The molecule has 0 aliphatic heterocycles. The Bertz CT molecular complexity index is 341. The van der Waals surface area contributed by atoms with E-state index in [9.17, 15) is 4.39 Å². The quantitative estimate of drug-likeness (QED) is 0.830. The van der Waals surface area contributed by atoms with Crippen LogP contribution in [0.4, 0.5) is 4.39 Å². The molecule has 1 saturated carbocycles. The maximum atomic E-state index is 13.7. The van der Waals surface area contributed by atoms with Gasteiger partial charge in [-0.25, -0.2) is 4.39 Å². The smallest absolute Gasteiger partial charge is 0.129 e. The summed E-state index contributed by atoms with van der Waals surface area (Å²) in [4.78, 5) is 0. The minimum Gasteiger partial charge on any atom is -0.324 e. The van der Waals surface area contributed by atoms with Gasteiger partial charge in [-0.2, -0.15) is 0 Å². The molecule has 1 fully saturated rings. The Kier molecular flexibility index (Phi) is 3.82. The second-order valence-electron chi connectivity index (χ2n) is 4.56. The van der Waals surface area contributed by atoms with Gasteiger partial charge in [0, 0.05) is 16.6 Å². The molecule has 0 amide bonds. The maximum absolute atomic E-state index is 13.7. The highest BCUT2D eigenvalue weighted by atomic mass is 35.5. The Morgan fingerprint density at radius 3 is 2.56 bits per heavy atom. The van der Waals surface area contributed by atoms with E-state index in [-0.39, 0.29) is 11.9 Å². The Labute approximate surface area is 101 Å². The second-order valence-corrected chi connectivity index (χ2v) is 4.97. The van der Waals surface area contributed by atoms with E-state index in [1.807, 2.05) is 0 Å². The van der Waals surface area contributed by atoms with Gasteiger partial charge in [0.1, 0.15) is 5.82 Å². The highest BCUT2D eigenvalue weighted by Gasteiger charge is 2.25. The van der Waals surface area contributed by atoms with Crippen LogP contribution in [0, 0.1) is 11.7 Å². The molecule has 88 valence electrons. The summed E-state index contributed by atoms with van der Waals surface area (Å²) < 4.78 is 13.7. The third kappa shape index (κ3) is 2.38. The van der Waals surface area contributed by atoms with Crippen LogP contribution in [0.15, 0.2) is 18.2 Å². The topological polar surface area (TPSA) is 26.0 Å². The number of rotatable bonds is 2. The lowest BCUT2D eigenvalue weighted by molar-refractivity contribution is 0.303. The maximum Gasteiger partial charge on any atom is 0.129 e. The first kappa shape index (κ1) is 11.9. The van der Waals surface area contributed by atoms with Crippen LogP contribution in [0.1, 0.15) is 43.7 Å². The predicted molar refractivity (Wildman–Crippen MR) is 64.9 cm³/mol. The van der Waals surface area contributed by atoms with Crippen LogP contribution in [0.5, 0.6) is 0 Å². The van der Waals surface area contributed by atoms with Crippen LogP contribution >= 0.6 is 11.6 Å². The fourth-order valence-electron chi connectivity index (χ4n) is 2.56. The average Bonchev–Trinajstić information content (AvgIpc) is 2.30. The summed E-state index contributed by atoms with van der Waals surface area (Å²) in [6, 6.07) is 4.51. The fraction of sp³-hybridized carbons (Fsp3) is 0.538. The zero-order valence-corrected chi connectivity index (χ0v) is 10.0. The summed E-state index contributed by atoms with van der Waals surface area (Å²) in [5, 5.41) is 0.457. The van der Waals surface area contributed by atoms with Crippen molar-refractivity contribution in [3.63, 3.8) is 0 Å². The van der Waals surface area contributed by atoms with E-state index in [0.29, 0.717) is 16.5 Å². The SMILES string of the molecule is N[C@@H](c1c(F)cccc1Cl)C1CCCCC1. The van der Waals surface area contributed by atoms with E-state index in [0.717, 1.165) is 12.8 Å². The zero-order chi connectivity index (χ0) is 11.5. The van der Waals surface area contributed by atoms with Gasteiger partial charge in [0.25, 0.3) is 0 Å². The van der Waals surface area contributed by atoms with Gasteiger partial charge >= 0.3 is 0 Å². The fourth-order valence-corrected chi connectivity index (χ4v) is 2.85. The van der Waals surface area contributed by atoms with Crippen LogP contribution in [0.25, 0.3) is 0 Å². The minimum absolute atomic E-state index is 0.256. The summed E-state index contributed by atoms with van der Waals surface area (Å²) in [5.74, 6) is 0.105. The third-order valence-electron chi connectivity index (χ3n) is 3.49. The molecular weight excluding hydrogens is 225 g/mol. The van der Waals surface area contributed by atoms with Crippen molar-refractivity contribution in [2.75, 3.05) is 0 Å². The van der Waals surface area contributed by atoms with Crippen LogP contribution in [-0.4, -0.2) is 0 Å². The van der Waals surface area contributed by atoms with Crippen molar-refractivity contribution in [2.45, 2.75) is 38.1 Å². The molecular formula is C13H17ClFN. The van der Waals surface area contributed by atoms with Gasteiger partial charge in [-0.1, -0.05) is 36.9 Å². The lowest BCUT2D eigenvalue weighted by atomic mass is 9.81. The molecule has 0 radical (unpaired) electrons. The Hall–Kier alpha value is -0.600. The highest BCUT2D eigenvalue weighted by molar-refractivity contribution is 6.31. The summed E-state index contributed by atoms with van der Waals surface area (Å²) >= 11 is 6.02. The van der Waals surface area contributed by atoms with Gasteiger partial charge in [0.05, 0.1) is 0 Å². The molecule has 16 heavy (non-hydrogen) atoms. The number of nitrogens with two attached hydrogens (primary N) is 1. The van der Waals surface area contributed by atoms with E-state index in [1.54, 1.807) is 12.1 Å². The first-order valence-electron chi connectivity index (χ1n) is 5.89. The Balaban J connectivity index is 2.22. The minimum atomic E-state index is -0.273. The van der Waals surface area contributed by atoms with Crippen LogP contribution < -0.4 is 5.73 Å². The molecule has 0 aromatic heterocycles. The van der Waals surface area contributed by atoms with E-state index in [1.165, 1.54) is 25.3 Å². The largest absolute Gasteiger partial charge is 0.324 e. The van der Waals surface area contributed by atoms with Crippen LogP contribution in [0.3, 0.4) is 0 Å². The van der Waals surface area contributed by atoms with Gasteiger partial charge in [-0.3, -0.25) is 0 Å². The average molecular weight is 242 g/mol. The first-order valence-corrected chi connectivity index (χ1v) is 6.27. The molecule has 2 N–H and O–H groups in total. The molecule has 1 aliphatic rings. The van der Waals surface area contributed by atoms with Crippen molar-refractivity contribution in [1.29, 1.82) is 0 Å². The number of halogens is 2. The van der Waals surface area contributed by atoms with Crippen LogP contribution in [0.2, 0.25) is 5.02 Å². The Morgan fingerprint density at radius 2 is 1.94 bits per heavy atom. The molecule has 1 aromatic rings. The van der Waals surface area contributed by atoms with Crippen molar-refractivity contribution < 1.29 is 4.39 Å². The van der Waals surface area contributed by atoms with Gasteiger partial charge in [0.2, 0.25) is 0 Å².